The van der Waals surface area contributed by atoms with E-state index >= 15 is 0 Å². The van der Waals surface area contributed by atoms with Gasteiger partial charge in [0.2, 0.25) is 5.91 Å². The summed E-state index contributed by atoms with van der Waals surface area (Å²) >= 11 is 1.53. The van der Waals surface area contributed by atoms with Gasteiger partial charge in [-0.3, -0.25) is 14.9 Å². The molecule has 1 atom stereocenters. The third kappa shape index (κ3) is 4.63. The predicted octanol–water partition coefficient (Wildman–Crippen LogP) is 2.24. The Labute approximate surface area is 166 Å². The number of amides is 1. The molecule has 0 spiro atoms. The number of hydrogen-bond donors (Lipinski definition) is 2. The molecule has 0 saturated heterocycles. The number of thioether (sulfide) groups is 1. The van der Waals surface area contributed by atoms with Gasteiger partial charge in [-0.25, -0.2) is 8.42 Å². The van der Waals surface area contributed by atoms with Crippen molar-refractivity contribution in [1.82, 2.24) is 5.32 Å². The van der Waals surface area contributed by atoms with Crippen molar-refractivity contribution in [1.29, 1.82) is 0 Å². The number of sulfone groups is 1. The Morgan fingerprint density at radius 2 is 2.00 bits per heavy atom. The summed E-state index contributed by atoms with van der Waals surface area (Å²) in [5, 5.41) is 16.7. The fourth-order valence-corrected chi connectivity index (χ4v) is 4.73. The van der Waals surface area contributed by atoms with Gasteiger partial charge in [0.15, 0.2) is 9.84 Å². The van der Waals surface area contributed by atoms with Crippen LogP contribution >= 0.6 is 11.8 Å². The van der Waals surface area contributed by atoms with Crippen LogP contribution in [0.15, 0.2) is 52.3 Å². The second-order valence-electron chi connectivity index (χ2n) is 6.34. The van der Waals surface area contributed by atoms with Crippen LogP contribution in [0.5, 0.6) is 0 Å². The molecule has 1 unspecified atom stereocenters. The van der Waals surface area contributed by atoms with Crippen molar-refractivity contribution in [3.8, 4) is 0 Å². The van der Waals surface area contributed by atoms with E-state index in [1.54, 1.807) is 0 Å². The maximum Gasteiger partial charge on any atom is 0.293 e. The molecule has 0 bridgehead atoms. The van der Waals surface area contributed by atoms with Gasteiger partial charge in [0.05, 0.1) is 15.1 Å². The zero-order chi connectivity index (χ0) is 20.3. The first-order valence-electron chi connectivity index (χ1n) is 8.50. The van der Waals surface area contributed by atoms with Gasteiger partial charge in [0.1, 0.15) is 5.69 Å². The lowest BCUT2D eigenvalue weighted by Crippen LogP contribution is -2.35. The zero-order valence-electron chi connectivity index (χ0n) is 15.0. The van der Waals surface area contributed by atoms with Crippen molar-refractivity contribution in [2.24, 2.45) is 0 Å². The predicted molar refractivity (Wildman–Crippen MR) is 107 cm³/mol. The normalized spacial score (nSPS) is 15.7. The van der Waals surface area contributed by atoms with E-state index in [2.05, 4.69) is 10.6 Å². The highest BCUT2D eigenvalue weighted by Crippen LogP contribution is 2.36. The van der Waals surface area contributed by atoms with E-state index in [1.807, 2.05) is 24.3 Å². The van der Waals surface area contributed by atoms with Crippen molar-refractivity contribution >= 4 is 38.9 Å². The van der Waals surface area contributed by atoms with Gasteiger partial charge in [-0.1, -0.05) is 18.2 Å². The second-order valence-corrected chi connectivity index (χ2v) is 9.60. The van der Waals surface area contributed by atoms with Crippen LogP contribution in [0.4, 0.5) is 11.4 Å². The fraction of sp³-hybridized carbons (Fsp3) is 0.278. The van der Waals surface area contributed by atoms with E-state index in [-0.39, 0.29) is 40.5 Å². The number of carbonyl (C=O) groups excluding carboxylic acids is 1. The Morgan fingerprint density at radius 3 is 2.68 bits per heavy atom. The van der Waals surface area contributed by atoms with E-state index in [0.717, 1.165) is 22.8 Å². The van der Waals surface area contributed by atoms with Crippen molar-refractivity contribution in [2.75, 3.05) is 24.7 Å². The summed E-state index contributed by atoms with van der Waals surface area (Å²) in [4.78, 5) is 23.9. The lowest BCUT2D eigenvalue weighted by Gasteiger charge is -2.11. The highest BCUT2D eigenvalue weighted by molar-refractivity contribution is 8.01. The summed E-state index contributed by atoms with van der Waals surface area (Å²) in [5.74, 6) is -0.0788. The topological polar surface area (TPSA) is 118 Å². The molecule has 8 nitrogen and oxygen atoms in total. The van der Waals surface area contributed by atoms with Gasteiger partial charge >= 0.3 is 0 Å². The van der Waals surface area contributed by atoms with Gasteiger partial charge in [-0.15, -0.1) is 11.8 Å². The Kier molecular flexibility index (Phi) is 5.90. The molecule has 2 aromatic carbocycles. The molecule has 10 heteroatoms. The fourth-order valence-electron chi connectivity index (χ4n) is 2.87. The SMILES string of the molecule is CS(=O)(=O)c1ccc(NCCNC(=O)C2Cc3ccccc3S2)c([N+](=O)[O-])c1. The molecule has 0 fully saturated rings. The number of rotatable bonds is 7. The number of nitro groups is 1. The monoisotopic (exact) mass is 421 g/mol. The van der Waals surface area contributed by atoms with E-state index < -0.39 is 14.8 Å². The maximum atomic E-state index is 12.3. The molecule has 0 aliphatic carbocycles. The second kappa shape index (κ2) is 8.19. The quantitative estimate of drug-likeness (QED) is 0.400. The van der Waals surface area contributed by atoms with Crippen molar-refractivity contribution in [2.45, 2.75) is 21.5 Å². The number of nitrogens with zero attached hydrogens (tertiary/aromatic N) is 1. The van der Waals surface area contributed by atoms with Crippen molar-refractivity contribution < 1.29 is 18.1 Å². The first-order chi connectivity index (χ1) is 13.3. The molecule has 2 aromatic rings. The molecule has 1 heterocycles. The summed E-state index contributed by atoms with van der Waals surface area (Å²) in [7, 11) is -3.54. The minimum Gasteiger partial charge on any atom is -0.378 e. The van der Waals surface area contributed by atoms with Crippen molar-refractivity contribution in [3.05, 3.63) is 58.1 Å². The van der Waals surface area contributed by atoms with Gasteiger partial charge in [-0.05, 0) is 30.2 Å². The molecular formula is C18H19N3O5S2. The van der Waals surface area contributed by atoms with Crippen LogP contribution in [0, 0.1) is 10.1 Å². The average Bonchev–Trinajstić information content (AvgIpc) is 3.08. The van der Waals surface area contributed by atoms with Gasteiger partial charge in [-0.2, -0.15) is 0 Å². The zero-order valence-corrected chi connectivity index (χ0v) is 16.7. The molecule has 1 aliphatic rings. The Morgan fingerprint density at radius 1 is 1.25 bits per heavy atom. The van der Waals surface area contributed by atoms with Gasteiger partial charge < -0.3 is 10.6 Å². The molecule has 148 valence electrons. The number of nitrogens with one attached hydrogen (secondary N) is 2. The van der Waals surface area contributed by atoms with E-state index in [0.29, 0.717) is 6.42 Å². The summed E-state index contributed by atoms with van der Waals surface area (Å²) in [5.41, 5.74) is 1.04. The summed E-state index contributed by atoms with van der Waals surface area (Å²) < 4.78 is 23.1. The van der Waals surface area contributed by atoms with Crippen LogP contribution in [-0.2, 0) is 21.1 Å². The Hall–Kier alpha value is -2.59. The lowest BCUT2D eigenvalue weighted by atomic mass is 10.1. The van der Waals surface area contributed by atoms with Crippen LogP contribution in [0.3, 0.4) is 0 Å². The smallest absolute Gasteiger partial charge is 0.293 e. The Balaban J connectivity index is 1.54. The molecular weight excluding hydrogens is 402 g/mol. The van der Waals surface area contributed by atoms with Crippen LogP contribution in [0.1, 0.15) is 5.56 Å². The molecule has 1 aliphatic heterocycles. The highest BCUT2D eigenvalue weighted by atomic mass is 32.2. The number of nitro benzene ring substituents is 1. The number of benzene rings is 2. The minimum atomic E-state index is -3.54. The van der Waals surface area contributed by atoms with Crippen LogP contribution in [-0.4, -0.2) is 43.8 Å². The molecule has 28 heavy (non-hydrogen) atoms. The summed E-state index contributed by atoms with van der Waals surface area (Å²) in [6, 6.07) is 11.6. The molecule has 0 aromatic heterocycles. The van der Waals surface area contributed by atoms with Crippen molar-refractivity contribution in [3.63, 3.8) is 0 Å². The van der Waals surface area contributed by atoms with Crippen LogP contribution < -0.4 is 10.6 Å². The first kappa shape index (κ1) is 20.2. The third-order valence-electron chi connectivity index (χ3n) is 4.27. The number of hydrogen-bond acceptors (Lipinski definition) is 7. The maximum absolute atomic E-state index is 12.3. The minimum absolute atomic E-state index is 0.0788. The van der Waals surface area contributed by atoms with Gasteiger partial charge in [0, 0.05) is 30.3 Å². The molecule has 0 radical (unpaired) electrons. The lowest BCUT2D eigenvalue weighted by molar-refractivity contribution is -0.384. The van der Waals surface area contributed by atoms with E-state index in [4.69, 9.17) is 0 Å². The van der Waals surface area contributed by atoms with E-state index in [9.17, 15) is 23.3 Å². The molecule has 0 saturated carbocycles. The first-order valence-corrected chi connectivity index (χ1v) is 11.3. The highest BCUT2D eigenvalue weighted by Gasteiger charge is 2.27. The molecule has 2 N–H and O–H groups in total. The molecule has 1 amide bonds. The Bertz CT molecular complexity index is 999. The van der Waals surface area contributed by atoms with Crippen LogP contribution in [0.25, 0.3) is 0 Å². The number of fused-ring (bicyclic) bond motifs is 1. The summed E-state index contributed by atoms with van der Waals surface area (Å²) in [6.07, 6.45) is 1.67. The number of carbonyl (C=O) groups is 1. The largest absolute Gasteiger partial charge is 0.378 e. The average molecular weight is 422 g/mol. The molecule has 3 rings (SSSR count). The van der Waals surface area contributed by atoms with E-state index in [1.165, 1.54) is 23.9 Å². The van der Waals surface area contributed by atoms with Crippen LogP contribution in [0.2, 0.25) is 0 Å². The standard InChI is InChI=1S/C18H19N3O5S2/c1-28(25,26)13-6-7-14(15(11-13)21(23)24)19-8-9-20-18(22)17-10-12-4-2-3-5-16(12)27-17/h2-7,11,17,19H,8-10H2,1H3,(H,20,22). The number of anilines is 1. The van der Waals surface area contributed by atoms with Gasteiger partial charge in [0.25, 0.3) is 5.69 Å². The summed E-state index contributed by atoms with van der Waals surface area (Å²) in [6.45, 7) is 0.562. The third-order valence-corrected chi connectivity index (χ3v) is 6.70.